The molecule has 1 rings (SSSR count). The summed E-state index contributed by atoms with van der Waals surface area (Å²) in [5, 5.41) is 9.43. The van der Waals surface area contributed by atoms with Gasteiger partial charge in [-0.2, -0.15) is 0 Å². The number of nitrogens with zero attached hydrogens (tertiary/aromatic N) is 1. The number of hydrogen-bond acceptors (Lipinski definition) is 4. The number of likely N-dealkylation sites (tertiary alicyclic amines) is 1. The molecule has 1 unspecified atom stereocenters. The van der Waals surface area contributed by atoms with Crippen molar-refractivity contribution < 1.29 is 13.5 Å². The van der Waals surface area contributed by atoms with Gasteiger partial charge in [-0.15, -0.1) is 0 Å². The number of piperidine rings is 1. The highest BCUT2D eigenvalue weighted by molar-refractivity contribution is 7.90. The van der Waals surface area contributed by atoms with Crippen LogP contribution in [0.1, 0.15) is 25.7 Å². The van der Waals surface area contributed by atoms with Gasteiger partial charge in [0.05, 0.1) is 6.10 Å². The second-order valence-corrected chi connectivity index (χ2v) is 6.69. The summed E-state index contributed by atoms with van der Waals surface area (Å²) in [5.74, 6) is 0.281. The van der Waals surface area contributed by atoms with Crippen molar-refractivity contribution in [2.24, 2.45) is 0 Å². The lowest BCUT2D eigenvalue weighted by Gasteiger charge is -2.29. The molecule has 0 amide bonds. The van der Waals surface area contributed by atoms with Gasteiger partial charge in [0.15, 0.2) is 0 Å². The molecule has 1 fully saturated rings. The number of β-amino-alcohol motifs (C(OH)–C–C–N with tert-alkyl or cyclic N) is 1. The summed E-state index contributed by atoms with van der Waals surface area (Å²) in [6.45, 7) is 2.70. The number of sulfone groups is 1. The molecule has 5 heteroatoms. The zero-order chi connectivity index (χ0) is 11.3. The van der Waals surface area contributed by atoms with Crippen LogP contribution < -0.4 is 0 Å². The fraction of sp³-hybridized carbons (Fsp3) is 1.00. The minimum Gasteiger partial charge on any atom is -0.392 e. The van der Waals surface area contributed by atoms with Crippen LogP contribution in [0.4, 0.5) is 0 Å². The molecule has 1 atom stereocenters. The molecule has 1 heterocycles. The normalized spacial score (nSPS) is 24.3. The molecule has 0 saturated carbocycles. The van der Waals surface area contributed by atoms with Gasteiger partial charge in [0.2, 0.25) is 0 Å². The molecule has 0 aromatic carbocycles. The molecule has 0 bridgehead atoms. The number of hydrogen-bond donors (Lipinski definition) is 1. The van der Waals surface area contributed by atoms with Crippen LogP contribution >= 0.6 is 0 Å². The quantitative estimate of drug-likeness (QED) is 0.695. The van der Waals surface area contributed by atoms with Crippen LogP contribution in [0.3, 0.4) is 0 Å². The second kappa shape index (κ2) is 5.82. The molecule has 0 aliphatic carbocycles. The Balaban J connectivity index is 2.09. The van der Waals surface area contributed by atoms with Crippen LogP contribution in [0.2, 0.25) is 0 Å². The van der Waals surface area contributed by atoms with E-state index >= 15 is 0 Å². The highest BCUT2D eigenvalue weighted by Crippen LogP contribution is 2.10. The van der Waals surface area contributed by atoms with E-state index < -0.39 is 9.84 Å². The van der Waals surface area contributed by atoms with Crippen molar-refractivity contribution in [3.05, 3.63) is 0 Å². The third kappa shape index (κ3) is 6.12. The molecule has 0 radical (unpaired) electrons. The topological polar surface area (TPSA) is 57.6 Å². The Morgan fingerprint density at radius 1 is 1.40 bits per heavy atom. The summed E-state index contributed by atoms with van der Waals surface area (Å²) in [4.78, 5) is 2.22. The molecule has 90 valence electrons. The number of unbranched alkanes of at least 4 members (excludes halogenated alkanes) is 1. The molecule has 1 aliphatic heterocycles. The third-order valence-corrected chi connectivity index (χ3v) is 3.75. The Morgan fingerprint density at radius 3 is 2.73 bits per heavy atom. The molecule has 1 saturated heterocycles. The fourth-order valence-corrected chi connectivity index (χ4v) is 2.66. The standard InChI is InChI=1S/C10H21NO3S/c1-15(13,14)8-3-2-6-11-7-4-5-10(12)9-11/h10,12H,2-9H2,1H3. The molecule has 4 nitrogen and oxygen atoms in total. The van der Waals surface area contributed by atoms with Gasteiger partial charge in [-0.1, -0.05) is 0 Å². The SMILES string of the molecule is CS(=O)(=O)CCCCN1CCCC(O)C1. The summed E-state index contributed by atoms with van der Waals surface area (Å²) in [6, 6.07) is 0. The Hall–Kier alpha value is -0.130. The highest BCUT2D eigenvalue weighted by atomic mass is 32.2. The van der Waals surface area contributed by atoms with Gasteiger partial charge in [0, 0.05) is 18.6 Å². The zero-order valence-electron chi connectivity index (χ0n) is 9.35. The second-order valence-electron chi connectivity index (χ2n) is 4.43. The minimum absolute atomic E-state index is 0.186. The maximum Gasteiger partial charge on any atom is 0.147 e. The smallest absolute Gasteiger partial charge is 0.147 e. The van der Waals surface area contributed by atoms with E-state index in [1.165, 1.54) is 6.26 Å². The first-order valence-electron chi connectivity index (χ1n) is 5.55. The summed E-state index contributed by atoms with van der Waals surface area (Å²) in [7, 11) is -2.81. The first-order chi connectivity index (χ1) is 6.97. The van der Waals surface area contributed by atoms with Crippen molar-refractivity contribution in [3.8, 4) is 0 Å². The van der Waals surface area contributed by atoms with Gasteiger partial charge in [-0.25, -0.2) is 8.42 Å². The lowest BCUT2D eigenvalue weighted by molar-refractivity contribution is 0.0701. The van der Waals surface area contributed by atoms with Crippen LogP contribution in [0.15, 0.2) is 0 Å². The van der Waals surface area contributed by atoms with Crippen LogP contribution in [0, 0.1) is 0 Å². The van der Waals surface area contributed by atoms with Gasteiger partial charge in [-0.3, -0.25) is 0 Å². The van der Waals surface area contributed by atoms with Crippen molar-refractivity contribution in [2.45, 2.75) is 31.8 Å². The molecular weight excluding hydrogens is 214 g/mol. The van der Waals surface area contributed by atoms with E-state index in [2.05, 4.69) is 4.90 Å². The van der Waals surface area contributed by atoms with Crippen LogP contribution in [-0.2, 0) is 9.84 Å². The molecule has 1 aliphatic rings. The lowest BCUT2D eigenvalue weighted by Crippen LogP contribution is -2.38. The maximum absolute atomic E-state index is 10.9. The first-order valence-corrected chi connectivity index (χ1v) is 7.61. The van der Waals surface area contributed by atoms with E-state index in [4.69, 9.17) is 0 Å². The number of aliphatic hydroxyl groups is 1. The van der Waals surface area contributed by atoms with Gasteiger partial charge in [0.1, 0.15) is 9.84 Å². The van der Waals surface area contributed by atoms with Crippen molar-refractivity contribution in [1.29, 1.82) is 0 Å². The summed E-state index contributed by atoms with van der Waals surface area (Å²) < 4.78 is 21.8. The zero-order valence-corrected chi connectivity index (χ0v) is 10.2. The maximum atomic E-state index is 10.9. The predicted molar refractivity (Wildman–Crippen MR) is 60.6 cm³/mol. The molecule has 0 aromatic rings. The van der Waals surface area contributed by atoms with E-state index in [0.29, 0.717) is 0 Å². The summed E-state index contributed by atoms with van der Waals surface area (Å²) in [5.41, 5.74) is 0. The lowest BCUT2D eigenvalue weighted by atomic mass is 10.1. The number of aliphatic hydroxyl groups excluding tert-OH is 1. The fourth-order valence-electron chi connectivity index (χ4n) is 1.93. The monoisotopic (exact) mass is 235 g/mol. The first kappa shape index (κ1) is 12.9. The van der Waals surface area contributed by atoms with E-state index in [1.807, 2.05) is 0 Å². The summed E-state index contributed by atoms with van der Waals surface area (Å²) in [6.07, 6.45) is 4.67. The highest BCUT2D eigenvalue weighted by Gasteiger charge is 2.16. The van der Waals surface area contributed by atoms with Crippen molar-refractivity contribution >= 4 is 9.84 Å². The van der Waals surface area contributed by atoms with Crippen LogP contribution in [0.5, 0.6) is 0 Å². The van der Waals surface area contributed by atoms with Gasteiger partial charge < -0.3 is 10.0 Å². The van der Waals surface area contributed by atoms with E-state index in [9.17, 15) is 13.5 Å². The van der Waals surface area contributed by atoms with E-state index in [0.717, 1.165) is 45.3 Å². The molecule has 0 spiro atoms. The van der Waals surface area contributed by atoms with Crippen molar-refractivity contribution in [3.63, 3.8) is 0 Å². The third-order valence-electron chi connectivity index (χ3n) is 2.72. The van der Waals surface area contributed by atoms with Gasteiger partial charge >= 0.3 is 0 Å². The van der Waals surface area contributed by atoms with Crippen LogP contribution in [0.25, 0.3) is 0 Å². The molecule has 0 aromatic heterocycles. The Labute approximate surface area is 92.2 Å². The average molecular weight is 235 g/mol. The largest absolute Gasteiger partial charge is 0.392 e. The van der Waals surface area contributed by atoms with Crippen molar-refractivity contribution in [1.82, 2.24) is 4.90 Å². The van der Waals surface area contributed by atoms with E-state index in [-0.39, 0.29) is 11.9 Å². The van der Waals surface area contributed by atoms with Gasteiger partial charge in [-0.05, 0) is 38.8 Å². The minimum atomic E-state index is -2.81. The molecule has 1 N–H and O–H groups in total. The Kier molecular flexibility index (Phi) is 5.02. The van der Waals surface area contributed by atoms with E-state index in [1.54, 1.807) is 0 Å². The van der Waals surface area contributed by atoms with Crippen LogP contribution in [-0.4, -0.2) is 56.2 Å². The number of rotatable bonds is 5. The average Bonchev–Trinajstić information content (AvgIpc) is 2.11. The summed E-state index contributed by atoms with van der Waals surface area (Å²) >= 11 is 0. The van der Waals surface area contributed by atoms with Crippen molar-refractivity contribution in [2.75, 3.05) is 31.6 Å². The van der Waals surface area contributed by atoms with Gasteiger partial charge in [0.25, 0.3) is 0 Å². The predicted octanol–water partition coefficient (Wildman–Crippen LogP) is 0.268. The Bertz CT molecular complexity index is 276. The molecule has 15 heavy (non-hydrogen) atoms. The molecular formula is C10H21NO3S. The Morgan fingerprint density at radius 2 is 2.13 bits per heavy atom.